The topological polar surface area (TPSA) is 118 Å². The van der Waals surface area contributed by atoms with Gasteiger partial charge in [-0.2, -0.15) is 5.10 Å². The van der Waals surface area contributed by atoms with Crippen LogP contribution in [0.25, 0.3) is 0 Å². The van der Waals surface area contributed by atoms with Crippen LogP contribution >= 0.6 is 0 Å². The number of sulfonamides is 1. The number of nitrogens with one attached hydrogen (secondary N) is 1. The molecule has 1 atom stereocenters. The summed E-state index contributed by atoms with van der Waals surface area (Å²) < 4.78 is 51.3. The molecule has 0 aromatic carbocycles. The number of nitrogens with zero attached hydrogens (tertiary/aromatic N) is 2. The summed E-state index contributed by atoms with van der Waals surface area (Å²) in [5.41, 5.74) is 0. The molecule has 1 aromatic rings. The van der Waals surface area contributed by atoms with E-state index < -0.39 is 25.9 Å². The second-order valence-electron chi connectivity index (χ2n) is 5.09. The van der Waals surface area contributed by atoms with Crippen LogP contribution in [0.2, 0.25) is 0 Å². The first-order valence-corrected chi connectivity index (χ1v) is 9.99. The lowest BCUT2D eigenvalue weighted by atomic mass is 10.2. The molecule has 0 amide bonds. The van der Waals surface area contributed by atoms with Gasteiger partial charge < -0.3 is 5.11 Å². The van der Waals surface area contributed by atoms with Gasteiger partial charge in [-0.25, -0.2) is 21.6 Å². The van der Waals surface area contributed by atoms with Crippen LogP contribution in [0.15, 0.2) is 17.3 Å². The van der Waals surface area contributed by atoms with E-state index >= 15 is 0 Å². The Hall–Kier alpha value is -0.970. The zero-order valence-electron chi connectivity index (χ0n) is 11.5. The molecule has 8 nitrogen and oxygen atoms in total. The summed E-state index contributed by atoms with van der Waals surface area (Å²) in [5.74, 6) is -0.0464. The van der Waals surface area contributed by atoms with Gasteiger partial charge in [-0.05, 0) is 19.3 Å². The number of aliphatic hydroxyl groups excluding tert-OH is 1. The summed E-state index contributed by atoms with van der Waals surface area (Å²) in [5, 5.41) is 12.6. The van der Waals surface area contributed by atoms with Gasteiger partial charge in [0.25, 0.3) is 0 Å². The molecule has 2 N–H and O–H groups in total. The minimum atomic E-state index is -3.77. The predicted octanol–water partition coefficient (Wildman–Crippen LogP) is -0.879. The van der Waals surface area contributed by atoms with Gasteiger partial charge in [-0.1, -0.05) is 0 Å². The van der Waals surface area contributed by atoms with E-state index in [1.807, 2.05) is 0 Å². The number of aliphatic hydroxyl groups is 1. The summed E-state index contributed by atoms with van der Waals surface area (Å²) in [6.45, 7) is 0.421. The average Bonchev–Trinajstić information content (AvgIpc) is 2.84. The second kappa shape index (κ2) is 6.42. The highest BCUT2D eigenvalue weighted by Crippen LogP contribution is 2.15. The molecular formula is C11H19N3O5S2. The van der Waals surface area contributed by atoms with Gasteiger partial charge in [0, 0.05) is 25.4 Å². The van der Waals surface area contributed by atoms with Crippen molar-refractivity contribution >= 4 is 19.9 Å². The van der Waals surface area contributed by atoms with Gasteiger partial charge >= 0.3 is 0 Å². The second-order valence-corrected chi connectivity index (χ2v) is 9.03. The van der Waals surface area contributed by atoms with E-state index in [1.165, 1.54) is 17.1 Å². The maximum atomic E-state index is 12.2. The number of rotatable bonds is 6. The molecule has 1 saturated heterocycles. The van der Waals surface area contributed by atoms with Gasteiger partial charge in [0.2, 0.25) is 10.0 Å². The summed E-state index contributed by atoms with van der Waals surface area (Å²) in [6.07, 6.45) is 4.05. The van der Waals surface area contributed by atoms with E-state index in [2.05, 4.69) is 9.82 Å². The van der Waals surface area contributed by atoms with Crippen molar-refractivity contribution in [2.24, 2.45) is 0 Å². The Labute approximate surface area is 124 Å². The molecule has 21 heavy (non-hydrogen) atoms. The number of aryl methyl sites for hydroxylation is 1. The van der Waals surface area contributed by atoms with Crippen molar-refractivity contribution in [1.29, 1.82) is 0 Å². The van der Waals surface area contributed by atoms with Crippen molar-refractivity contribution in [1.82, 2.24) is 14.5 Å². The van der Waals surface area contributed by atoms with Crippen LogP contribution in [0.4, 0.5) is 0 Å². The van der Waals surface area contributed by atoms with Crippen LogP contribution in [0, 0.1) is 0 Å². The van der Waals surface area contributed by atoms with E-state index in [9.17, 15) is 16.8 Å². The van der Waals surface area contributed by atoms with E-state index in [0.717, 1.165) is 0 Å². The quantitative estimate of drug-likeness (QED) is 0.696. The molecule has 0 spiro atoms. The Bertz CT molecular complexity index is 680. The van der Waals surface area contributed by atoms with Crippen LogP contribution in [-0.2, 0) is 26.4 Å². The van der Waals surface area contributed by atoms with Crippen molar-refractivity contribution in [3.8, 4) is 0 Å². The fourth-order valence-corrected chi connectivity index (χ4v) is 5.21. The van der Waals surface area contributed by atoms with E-state index in [0.29, 0.717) is 25.8 Å². The molecule has 1 unspecified atom stereocenters. The van der Waals surface area contributed by atoms with E-state index in [4.69, 9.17) is 5.11 Å². The summed E-state index contributed by atoms with van der Waals surface area (Å²) in [7, 11) is -6.94. The Morgan fingerprint density at radius 2 is 2.24 bits per heavy atom. The fourth-order valence-electron chi connectivity index (χ4n) is 2.24. The molecule has 1 aromatic heterocycles. The van der Waals surface area contributed by atoms with Crippen molar-refractivity contribution < 1.29 is 21.9 Å². The van der Waals surface area contributed by atoms with Crippen molar-refractivity contribution in [2.45, 2.75) is 36.7 Å². The molecular weight excluding hydrogens is 318 g/mol. The average molecular weight is 337 g/mol. The van der Waals surface area contributed by atoms with Gasteiger partial charge in [-0.3, -0.25) is 4.68 Å². The fraction of sp³-hybridized carbons (Fsp3) is 0.727. The van der Waals surface area contributed by atoms with Crippen LogP contribution in [0.3, 0.4) is 0 Å². The SMILES string of the molecule is O=S1(=O)CCCC(NS(=O)(=O)c2cnn(CCCO)c2)C1. The minimum absolute atomic E-state index is 0.000126. The van der Waals surface area contributed by atoms with E-state index in [1.54, 1.807) is 0 Å². The smallest absolute Gasteiger partial charge is 0.243 e. The van der Waals surface area contributed by atoms with Crippen molar-refractivity contribution in [3.63, 3.8) is 0 Å². The predicted molar refractivity (Wildman–Crippen MR) is 75.9 cm³/mol. The van der Waals surface area contributed by atoms with Crippen LogP contribution in [-0.4, -0.2) is 55.9 Å². The normalized spacial score (nSPS) is 22.2. The molecule has 120 valence electrons. The highest BCUT2D eigenvalue weighted by atomic mass is 32.2. The van der Waals surface area contributed by atoms with Gasteiger partial charge in [-0.15, -0.1) is 0 Å². The summed E-state index contributed by atoms with van der Waals surface area (Å²) in [6, 6.07) is -0.588. The molecule has 2 heterocycles. The third-order valence-electron chi connectivity index (χ3n) is 3.25. The largest absolute Gasteiger partial charge is 0.396 e. The van der Waals surface area contributed by atoms with Crippen LogP contribution in [0.5, 0.6) is 0 Å². The molecule has 2 rings (SSSR count). The lowest BCUT2D eigenvalue weighted by molar-refractivity contribution is 0.277. The first kappa shape index (κ1) is 16.4. The maximum absolute atomic E-state index is 12.2. The van der Waals surface area contributed by atoms with E-state index in [-0.39, 0.29) is 23.0 Å². The van der Waals surface area contributed by atoms with Crippen LogP contribution in [0.1, 0.15) is 19.3 Å². The number of aromatic nitrogens is 2. The van der Waals surface area contributed by atoms with Gasteiger partial charge in [0.1, 0.15) is 4.90 Å². The summed E-state index contributed by atoms with van der Waals surface area (Å²) in [4.78, 5) is 0.00316. The Morgan fingerprint density at radius 1 is 1.48 bits per heavy atom. The Kier molecular flexibility index (Phi) is 5.02. The van der Waals surface area contributed by atoms with Crippen molar-refractivity contribution in [3.05, 3.63) is 12.4 Å². The zero-order chi connectivity index (χ0) is 15.5. The zero-order valence-corrected chi connectivity index (χ0v) is 13.1. The van der Waals surface area contributed by atoms with Gasteiger partial charge in [0.15, 0.2) is 9.84 Å². The highest BCUT2D eigenvalue weighted by molar-refractivity contribution is 7.91. The molecule has 0 saturated carbocycles. The first-order valence-electron chi connectivity index (χ1n) is 6.68. The number of hydrogen-bond donors (Lipinski definition) is 2. The Morgan fingerprint density at radius 3 is 2.90 bits per heavy atom. The standard InChI is InChI=1S/C11H19N3O5S2/c15-5-2-4-14-8-11(7-12-14)21(18,19)13-10-3-1-6-20(16,17)9-10/h7-8,10,13,15H,1-6,9H2. The van der Waals surface area contributed by atoms with Crippen molar-refractivity contribution in [2.75, 3.05) is 18.1 Å². The number of hydrogen-bond acceptors (Lipinski definition) is 6. The molecule has 1 aliphatic rings. The number of sulfone groups is 1. The molecule has 0 bridgehead atoms. The van der Waals surface area contributed by atoms with Crippen LogP contribution < -0.4 is 4.72 Å². The molecule has 0 aliphatic carbocycles. The lowest BCUT2D eigenvalue weighted by Crippen LogP contribution is -2.43. The Balaban J connectivity index is 2.06. The summed E-state index contributed by atoms with van der Waals surface area (Å²) >= 11 is 0. The third-order valence-corrected chi connectivity index (χ3v) is 6.55. The lowest BCUT2D eigenvalue weighted by Gasteiger charge is -2.22. The monoisotopic (exact) mass is 337 g/mol. The molecule has 0 radical (unpaired) electrons. The third kappa shape index (κ3) is 4.50. The molecule has 10 heteroatoms. The highest BCUT2D eigenvalue weighted by Gasteiger charge is 2.29. The minimum Gasteiger partial charge on any atom is -0.396 e. The first-order chi connectivity index (χ1) is 9.82. The maximum Gasteiger partial charge on any atom is 0.243 e. The molecule has 1 fully saturated rings. The van der Waals surface area contributed by atoms with Gasteiger partial charge in [0.05, 0.1) is 17.7 Å². The molecule has 1 aliphatic heterocycles.